The molecule has 0 aromatic heterocycles. The van der Waals surface area contributed by atoms with Gasteiger partial charge in [-0.15, -0.1) is 0 Å². The van der Waals surface area contributed by atoms with Crippen LogP contribution in [-0.2, 0) is 11.3 Å². The van der Waals surface area contributed by atoms with Gasteiger partial charge in [0.15, 0.2) is 11.5 Å². The van der Waals surface area contributed by atoms with Crippen molar-refractivity contribution in [2.75, 3.05) is 73.8 Å². The standard InChI is InChI=1S/C19H32N2O6/c1-24-17-10-15(11-18(25-2)19(17)26-3)13-27-14-16(23)12-21-6-4-20(5-7-21)8-9-22/h10-11,16,22-23H,4-9,12-14H2,1-3H3. The maximum atomic E-state index is 10.2. The lowest BCUT2D eigenvalue weighted by atomic mass is 10.2. The Hall–Kier alpha value is -1.58. The minimum Gasteiger partial charge on any atom is -0.493 e. The van der Waals surface area contributed by atoms with Crippen molar-refractivity contribution in [3.05, 3.63) is 17.7 Å². The predicted molar refractivity (Wildman–Crippen MR) is 102 cm³/mol. The number of rotatable bonds is 11. The Morgan fingerprint density at radius 1 is 0.963 bits per heavy atom. The highest BCUT2D eigenvalue weighted by atomic mass is 16.5. The van der Waals surface area contributed by atoms with E-state index < -0.39 is 6.10 Å². The van der Waals surface area contributed by atoms with Crippen LogP contribution in [0.3, 0.4) is 0 Å². The minimum atomic E-state index is -0.545. The molecule has 0 saturated carbocycles. The second-order valence-electron chi connectivity index (χ2n) is 6.57. The second kappa shape index (κ2) is 11.3. The second-order valence-corrected chi connectivity index (χ2v) is 6.57. The van der Waals surface area contributed by atoms with E-state index in [1.165, 1.54) is 0 Å². The van der Waals surface area contributed by atoms with Gasteiger partial charge in [0, 0.05) is 39.3 Å². The summed E-state index contributed by atoms with van der Waals surface area (Å²) in [5.74, 6) is 1.71. The van der Waals surface area contributed by atoms with Crippen LogP contribution >= 0.6 is 0 Å². The Kier molecular flexibility index (Phi) is 9.09. The zero-order valence-electron chi connectivity index (χ0n) is 16.5. The van der Waals surface area contributed by atoms with Crippen LogP contribution in [0.4, 0.5) is 0 Å². The summed E-state index contributed by atoms with van der Waals surface area (Å²) in [4.78, 5) is 4.45. The highest BCUT2D eigenvalue weighted by Crippen LogP contribution is 2.38. The first kappa shape index (κ1) is 21.7. The molecule has 0 aliphatic carbocycles. The number of piperazine rings is 1. The monoisotopic (exact) mass is 384 g/mol. The normalized spacial score (nSPS) is 16.9. The fraction of sp³-hybridized carbons (Fsp3) is 0.684. The maximum Gasteiger partial charge on any atom is 0.203 e. The van der Waals surface area contributed by atoms with Gasteiger partial charge in [0.2, 0.25) is 5.75 Å². The molecule has 1 aromatic carbocycles. The smallest absolute Gasteiger partial charge is 0.203 e. The number of aliphatic hydroxyl groups is 2. The Bertz CT molecular complexity index is 538. The third-order valence-corrected chi connectivity index (χ3v) is 4.65. The van der Waals surface area contributed by atoms with Gasteiger partial charge in [-0.1, -0.05) is 0 Å². The van der Waals surface area contributed by atoms with Gasteiger partial charge < -0.3 is 29.2 Å². The lowest BCUT2D eigenvalue weighted by Gasteiger charge is -2.35. The molecule has 0 bridgehead atoms. The van der Waals surface area contributed by atoms with Gasteiger partial charge in [0.25, 0.3) is 0 Å². The molecule has 0 spiro atoms. The van der Waals surface area contributed by atoms with Gasteiger partial charge in [-0.05, 0) is 17.7 Å². The quantitative estimate of drug-likeness (QED) is 0.560. The van der Waals surface area contributed by atoms with E-state index in [-0.39, 0.29) is 13.2 Å². The lowest BCUT2D eigenvalue weighted by Crippen LogP contribution is -2.49. The van der Waals surface area contributed by atoms with Gasteiger partial charge in [0.05, 0.1) is 47.3 Å². The molecule has 1 heterocycles. The SMILES string of the molecule is COc1cc(COCC(O)CN2CCN(CCO)CC2)cc(OC)c1OC. The highest BCUT2D eigenvalue weighted by molar-refractivity contribution is 5.53. The van der Waals surface area contributed by atoms with E-state index in [2.05, 4.69) is 9.80 Å². The van der Waals surface area contributed by atoms with Crippen LogP contribution in [0.1, 0.15) is 5.56 Å². The molecule has 1 atom stereocenters. The van der Waals surface area contributed by atoms with E-state index in [1.54, 1.807) is 21.3 Å². The summed E-state index contributed by atoms with van der Waals surface area (Å²) >= 11 is 0. The average molecular weight is 384 g/mol. The molecule has 8 heteroatoms. The summed E-state index contributed by atoms with van der Waals surface area (Å²) in [6.45, 7) is 5.71. The molecule has 27 heavy (non-hydrogen) atoms. The van der Waals surface area contributed by atoms with E-state index in [9.17, 15) is 5.11 Å². The Balaban J connectivity index is 1.77. The molecule has 8 nitrogen and oxygen atoms in total. The number of nitrogens with zero attached hydrogens (tertiary/aromatic N) is 2. The third-order valence-electron chi connectivity index (χ3n) is 4.65. The number of hydrogen-bond donors (Lipinski definition) is 2. The summed E-state index contributed by atoms with van der Waals surface area (Å²) in [5, 5.41) is 19.2. The zero-order valence-corrected chi connectivity index (χ0v) is 16.5. The molecule has 0 amide bonds. The lowest BCUT2D eigenvalue weighted by molar-refractivity contribution is 0.000450. The van der Waals surface area contributed by atoms with Crippen LogP contribution in [0, 0.1) is 0 Å². The highest BCUT2D eigenvalue weighted by Gasteiger charge is 2.19. The summed E-state index contributed by atoms with van der Waals surface area (Å²) in [6, 6.07) is 3.68. The van der Waals surface area contributed by atoms with Gasteiger partial charge in [-0.2, -0.15) is 0 Å². The molecule has 0 radical (unpaired) electrons. The molecule has 2 N–H and O–H groups in total. The fourth-order valence-corrected chi connectivity index (χ4v) is 3.22. The molecular formula is C19H32N2O6. The molecule has 154 valence electrons. The molecule has 1 aliphatic rings. The van der Waals surface area contributed by atoms with Crippen LogP contribution in [-0.4, -0.2) is 99.9 Å². The molecule has 1 aromatic rings. The number of methoxy groups -OCH3 is 3. The third kappa shape index (κ3) is 6.51. The van der Waals surface area contributed by atoms with E-state index in [0.29, 0.717) is 36.9 Å². The van der Waals surface area contributed by atoms with Crippen LogP contribution in [0.15, 0.2) is 12.1 Å². The fourth-order valence-electron chi connectivity index (χ4n) is 3.22. The van der Waals surface area contributed by atoms with Crippen molar-refractivity contribution in [3.8, 4) is 17.2 Å². The Morgan fingerprint density at radius 3 is 2.07 bits per heavy atom. The van der Waals surface area contributed by atoms with Crippen molar-refractivity contribution in [1.82, 2.24) is 9.80 Å². The molecule has 1 unspecified atom stereocenters. The first-order valence-electron chi connectivity index (χ1n) is 9.21. The number of aliphatic hydroxyl groups excluding tert-OH is 2. The zero-order chi connectivity index (χ0) is 19.6. The molecular weight excluding hydrogens is 352 g/mol. The Morgan fingerprint density at radius 2 is 1.56 bits per heavy atom. The summed E-state index contributed by atoms with van der Waals surface area (Å²) in [6.07, 6.45) is -0.545. The van der Waals surface area contributed by atoms with Gasteiger partial charge in [0.1, 0.15) is 0 Å². The first-order valence-corrected chi connectivity index (χ1v) is 9.21. The van der Waals surface area contributed by atoms with E-state index in [0.717, 1.165) is 31.7 Å². The average Bonchev–Trinajstić information content (AvgIpc) is 2.68. The van der Waals surface area contributed by atoms with Crippen molar-refractivity contribution in [1.29, 1.82) is 0 Å². The molecule has 1 fully saturated rings. The van der Waals surface area contributed by atoms with Crippen molar-refractivity contribution >= 4 is 0 Å². The van der Waals surface area contributed by atoms with E-state index in [4.69, 9.17) is 24.1 Å². The van der Waals surface area contributed by atoms with Gasteiger partial charge in [-0.3, -0.25) is 9.80 Å². The van der Waals surface area contributed by atoms with E-state index >= 15 is 0 Å². The molecule has 1 aliphatic heterocycles. The molecule has 2 rings (SSSR count). The van der Waals surface area contributed by atoms with Crippen LogP contribution < -0.4 is 14.2 Å². The van der Waals surface area contributed by atoms with Crippen LogP contribution in [0.2, 0.25) is 0 Å². The number of hydrogen-bond acceptors (Lipinski definition) is 8. The summed E-state index contributed by atoms with van der Waals surface area (Å²) in [5.41, 5.74) is 0.884. The van der Waals surface area contributed by atoms with E-state index in [1.807, 2.05) is 12.1 Å². The number of β-amino-alcohol motifs (C(OH)–C–C–N with tert-alkyl or cyclic N) is 2. The minimum absolute atomic E-state index is 0.192. The Labute approximate surface area is 161 Å². The predicted octanol–water partition coefficient (Wildman–Crippen LogP) is 0.200. The van der Waals surface area contributed by atoms with Gasteiger partial charge in [-0.25, -0.2) is 0 Å². The number of ether oxygens (including phenoxy) is 4. The summed E-state index contributed by atoms with van der Waals surface area (Å²) < 4.78 is 21.7. The van der Waals surface area contributed by atoms with Crippen molar-refractivity contribution in [2.24, 2.45) is 0 Å². The summed E-state index contributed by atoms with van der Waals surface area (Å²) in [7, 11) is 4.72. The van der Waals surface area contributed by atoms with Crippen molar-refractivity contribution < 1.29 is 29.2 Å². The largest absolute Gasteiger partial charge is 0.493 e. The van der Waals surface area contributed by atoms with Crippen molar-refractivity contribution in [2.45, 2.75) is 12.7 Å². The number of benzene rings is 1. The van der Waals surface area contributed by atoms with Crippen LogP contribution in [0.25, 0.3) is 0 Å². The maximum absolute atomic E-state index is 10.2. The van der Waals surface area contributed by atoms with Gasteiger partial charge >= 0.3 is 0 Å². The molecule has 1 saturated heterocycles. The first-order chi connectivity index (χ1) is 13.1. The van der Waals surface area contributed by atoms with Crippen molar-refractivity contribution in [3.63, 3.8) is 0 Å². The van der Waals surface area contributed by atoms with Crippen LogP contribution in [0.5, 0.6) is 17.2 Å². The topological polar surface area (TPSA) is 83.9 Å².